The van der Waals surface area contributed by atoms with E-state index in [1.54, 1.807) is 9.58 Å². The van der Waals surface area contributed by atoms with Gasteiger partial charge in [0.15, 0.2) is 0 Å². The highest BCUT2D eigenvalue weighted by Gasteiger charge is 2.40. The van der Waals surface area contributed by atoms with Crippen LogP contribution in [0.1, 0.15) is 93.3 Å². The minimum atomic E-state index is -0.881. The van der Waals surface area contributed by atoms with Gasteiger partial charge in [0.05, 0.1) is 11.8 Å². The number of carbonyl (C=O) groups is 3. The number of aryl methyl sites for hydroxylation is 1. The van der Waals surface area contributed by atoms with Crippen molar-refractivity contribution in [3.05, 3.63) is 77.4 Å². The molecule has 0 aliphatic carbocycles. The summed E-state index contributed by atoms with van der Waals surface area (Å²) in [6.45, 7) is 6.80. The molecule has 2 aromatic carbocycles. The van der Waals surface area contributed by atoms with E-state index in [0.29, 0.717) is 44.5 Å². The molecule has 0 radical (unpaired) electrons. The van der Waals surface area contributed by atoms with E-state index in [9.17, 15) is 18.8 Å². The summed E-state index contributed by atoms with van der Waals surface area (Å²) in [5.41, 5.74) is 1.83. The summed E-state index contributed by atoms with van der Waals surface area (Å²) in [6.07, 6.45) is 10.7. The standard InChI is InChI=1S/C40H56FN7O4/c1-29(2)23-35-39(50)48-22-14-17-36(48)40(51)46(4)33(24-30-15-10-9-11-16-30)27-45(3)20-12-7-5-6-8-13-21-47-26-32(43-44-47)28-52-37-25-31(41)18-19-34(37)38(49)42-35/h9-11,15-16,18-19,25-26,29,33,35-36H,5-8,12-14,17,20-24,27-28H2,1-4H3,(H,42,49)/t33?,35-,36-/m1/s1. The van der Waals surface area contributed by atoms with Crippen LogP contribution in [0, 0.1) is 11.7 Å². The van der Waals surface area contributed by atoms with Gasteiger partial charge in [-0.1, -0.05) is 75.1 Å². The van der Waals surface area contributed by atoms with Crippen molar-refractivity contribution < 1.29 is 23.5 Å². The molecule has 282 valence electrons. The summed E-state index contributed by atoms with van der Waals surface area (Å²) in [5.74, 6) is -1.35. The van der Waals surface area contributed by atoms with Gasteiger partial charge >= 0.3 is 0 Å². The van der Waals surface area contributed by atoms with Crippen LogP contribution in [0.3, 0.4) is 0 Å². The Morgan fingerprint density at radius 2 is 1.63 bits per heavy atom. The van der Waals surface area contributed by atoms with Crippen molar-refractivity contribution in [3.63, 3.8) is 0 Å². The third-order valence-electron chi connectivity index (χ3n) is 10.2. The summed E-state index contributed by atoms with van der Waals surface area (Å²) in [5, 5.41) is 11.4. The molecule has 52 heavy (non-hydrogen) atoms. The predicted octanol–water partition coefficient (Wildman–Crippen LogP) is 5.49. The lowest BCUT2D eigenvalue weighted by molar-refractivity contribution is -0.145. The van der Waals surface area contributed by atoms with Crippen LogP contribution in [0.4, 0.5) is 4.39 Å². The molecule has 3 atom stereocenters. The van der Waals surface area contributed by atoms with E-state index < -0.39 is 23.8 Å². The molecule has 12 heteroatoms. The maximum Gasteiger partial charge on any atom is 0.255 e. The van der Waals surface area contributed by atoms with Crippen LogP contribution in [0.25, 0.3) is 0 Å². The number of hydrogen-bond donors (Lipinski definition) is 1. The molecule has 3 aromatic rings. The van der Waals surface area contributed by atoms with E-state index in [1.807, 2.05) is 50.2 Å². The molecule has 1 N–H and O–H groups in total. The molecule has 5 rings (SSSR count). The van der Waals surface area contributed by atoms with Crippen molar-refractivity contribution >= 4 is 17.7 Å². The van der Waals surface area contributed by atoms with Crippen LogP contribution in [0.15, 0.2) is 54.7 Å². The van der Waals surface area contributed by atoms with Crippen molar-refractivity contribution in [2.45, 2.75) is 109 Å². The van der Waals surface area contributed by atoms with Gasteiger partial charge in [0.2, 0.25) is 11.8 Å². The Balaban J connectivity index is 1.40. The predicted molar refractivity (Wildman–Crippen MR) is 198 cm³/mol. The normalized spacial score (nSPS) is 22.5. The number of aromatic nitrogens is 3. The van der Waals surface area contributed by atoms with Crippen LogP contribution in [0.2, 0.25) is 0 Å². The highest BCUT2D eigenvalue weighted by molar-refractivity contribution is 6.00. The number of carbonyl (C=O) groups excluding carboxylic acids is 3. The molecule has 1 fully saturated rings. The number of fused-ring (bicyclic) bond motifs is 4. The number of likely N-dealkylation sites (N-methyl/N-ethyl adjacent to an activating group) is 2. The smallest absolute Gasteiger partial charge is 0.255 e. The quantitative estimate of drug-likeness (QED) is 0.380. The number of rotatable bonds is 4. The second-order valence-corrected chi connectivity index (χ2v) is 14.9. The van der Waals surface area contributed by atoms with E-state index in [-0.39, 0.29) is 41.7 Å². The third kappa shape index (κ3) is 10.8. The number of ether oxygens (including phenoxy) is 1. The fraction of sp³-hybridized carbons (Fsp3) is 0.575. The summed E-state index contributed by atoms with van der Waals surface area (Å²) < 4.78 is 22.1. The van der Waals surface area contributed by atoms with E-state index >= 15 is 0 Å². The Morgan fingerprint density at radius 1 is 0.904 bits per heavy atom. The highest BCUT2D eigenvalue weighted by Crippen LogP contribution is 2.25. The summed E-state index contributed by atoms with van der Waals surface area (Å²) >= 11 is 0. The van der Waals surface area contributed by atoms with Gasteiger partial charge < -0.3 is 24.8 Å². The van der Waals surface area contributed by atoms with E-state index in [2.05, 4.69) is 39.7 Å². The van der Waals surface area contributed by atoms with Gasteiger partial charge in [-0.3, -0.25) is 19.1 Å². The molecule has 2 aliphatic rings. The number of amides is 3. The summed E-state index contributed by atoms with van der Waals surface area (Å²) in [4.78, 5) is 48.3. The third-order valence-corrected chi connectivity index (χ3v) is 10.2. The second kappa shape index (κ2) is 19.0. The minimum absolute atomic E-state index is 0.00286. The zero-order chi connectivity index (χ0) is 37.0. The Hall–Kier alpha value is -4.32. The lowest BCUT2D eigenvalue weighted by Crippen LogP contribution is -2.56. The lowest BCUT2D eigenvalue weighted by Gasteiger charge is -2.36. The van der Waals surface area contributed by atoms with Crippen LogP contribution in [0.5, 0.6) is 5.75 Å². The van der Waals surface area contributed by atoms with Crippen molar-refractivity contribution in [1.82, 2.24) is 35.0 Å². The number of nitrogens with one attached hydrogen (secondary N) is 1. The summed E-state index contributed by atoms with van der Waals surface area (Å²) in [7, 11) is 3.99. The molecule has 1 unspecified atom stereocenters. The first-order valence-corrected chi connectivity index (χ1v) is 19.0. The number of halogens is 1. The number of benzene rings is 2. The largest absolute Gasteiger partial charge is 0.486 e. The topological polar surface area (TPSA) is 113 Å². The zero-order valence-corrected chi connectivity index (χ0v) is 31.3. The van der Waals surface area contributed by atoms with Gasteiger partial charge in [-0.25, -0.2) is 4.39 Å². The Labute approximate surface area is 307 Å². The second-order valence-electron chi connectivity index (χ2n) is 14.9. The van der Waals surface area contributed by atoms with Crippen molar-refractivity contribution in [3.8, 4) is 5.75 Å². The Morgan fingerprint density at radius 3 is 2.38 bits per heavy atom. The lowest BCUT2D eigenvalue weighted by atomic mass is 10.0. The van der Waals surface area contributed by atoms with E-state index in [4.69, 9.17) is 4.74 Å². The maximum atomic E-state index is 14.4. The molecule has 3 heterocycles. The molecular weight excluding hydrogens is 661 g/mol. The first-order chi connectivity index (χ1) is 25.1. The zero-order valence-electron chi connectivity index (χ0n) is 31.3. The first-order valence-electron chi connectivity index (χ1n) is 19.0. The maximum absolute atomic E-state index is 14.4. The number of hydrogen-bond acceptors (Lipinski definition) is 7. The van der Waals surface area contributed by atoms with Crippen molar-refractivity contribution in [2.75, 3.05) is 33.7 Å². The molecule has 0 spiro atoms. The van der Waals surface area contributed by atoms with Crippen LogP contribution >= 0.6 is 0 Å². The minimum Gasteiger partial charge on any atom is -0.486 e. The number of nitrogens with zero attached hydrogens (tertiary/aromatic N) is 6. The van der Waals surface area contributed by atoms with Gasteiger partial charge in [0.1, 0.15) is 36.0 Å². The average molecular weight is 718 g/mol. The Bertz CT molecular complexity index is 1620. The first kappa shape index (κ1) is 38.9. The highest BCUT2D eigenvalue weighted by atomic mass is 19.1. The van der Waals surface area contributed by atoms with Crippen molar-refractivity contribution in [2.24, 2.45) is 5.92 Å². The average Bonchev–Trinajstić information content (AvgIpc) is 3.80. The SMILES string of the molecule is CC(C)C[C@H]1NC(=O)c2ccc(F)cc2OCc2cn(nn2)CCCCCCCCN(C)CC(Cc2ccccc2)N(C)C(=O)[C@H]2CCCN2C1=O. The van der Waals surface area contributed by atoms with Gasteiger partial charge in [-0.2, -0.15) is 0 Å². The van der Waals surface area contributed by atoms with E-state index in [0.717, 1.165) is 57.2 Å². The fourth-order valence-corrected chi connectivity index (χ4v) is 7.32. The Kier molecular flexibility index (Phi) is 14.2. The molecule has 0 saturated carbocycles. The molecule has 1 saturated heterocycles. The molecule has 11 nitrogen and oxygen atoms in total. The van der Waals surface area contributed by atoms with Crippen LogP contribution < -0.4 is 10.1 Å². The molecule has 2 aliphatic heterocycles. The van der Waals surface area contributed by atoms with Gasteiger partial charge in [0, 0.05) is 38.8 Å². The van der Waals surface area contributed by atoms with Gasteiger partial charge in [0.25, 0.3) is 5.91 Å². The monoisotopic (exact) mass is 717 g/mol. The van der Waals surface area contributed by atoms with Crippen LogP contribution in [-0.2, 0) is 29.2 Å². The van der Waals surface area contributed by atoms with Crippen LogP contribution in [-0.4, -0.2) is 99.3 Å². The molecule has 2 bridgehead atoms. The molecule has 1 aromatic heterocycles. The summed E-state index contributed by atoms with van der Waals surface area (Å²) in [6, 6.07) is 12.4. The molecular formula is C40H56FN7O4. The van der Waals surface area contributed by atoms with Gasteiger partial charge in [-0.15, -0.1) is 5.10 Å². The van der Waals surface area contributed by atoms with E-state index in [1.165, 1.54) is 18.2 Å². The van der Waals surface area contributed by atoms with Gasteiger partial charge in [-0.05, 0) is 75.7 Å². The van der Waals surface area contributed by atoms with Crippen molar-refractivity contribution in [1.29, 1.82) is 0 Å². The fourth-order valence-electron chi connectivity index (χ4n) is 7.32. The molecule has 3 amide bonds.